The highest BCUT2D eigenvalue weighted by molar-refractivity contribution is 5.57. The summed E-state index contributed by atoms with van der Waals surface area (Å²) in [6, 6.07) is 8.79. The second-order valence-electron chi connectivity index (χ2n) is 4.09. The first-order chi connectivity index (χ1) is 9.29. The summed E-state index contributed by atoms with van der Waals surface area (Å²) in [6.07, 6.45) is 1.72. The molecule has 1 heterocycles. The van der Waals surface area contributed by atoms with Crippen molar-refractivity contribution in [3.63, 3.8) is 0 Å². The minimum atomic E-state index is 0.213. The van der Waals surface area contributed by atoms with Crippen LogP contribution in [0.25, 0.3) is 11.4 Å². The van der Waals surface area contributed by atoms with Gasteiger partial charge in [-0.25, -0.2) is 9.97 Å². The summed E-state index contributed by atoms with van der Waals surface area (Å²) >= 11 is 0. The summed E-state index contributed by atoms with van der Waals surface area (Å²) in [5, 5.41) is 12.7. The minimum Gasteiger partial charge on any atom is -0.508 e. The van der Waals surface area contributed by atoms with Gasteiger partial charge in [0.2, 0.25) is 0 Å². The smallest absolute Gasteiger partial charge is 0.159 e. The lowest BCUT2D eigenvalue weighted by Crippen LogP contribution is -2.19. The minimum absolute atomic E-state index is 0.213. The predicted molar refractivity (Wildman–Crippen MR) is 72.7 cm³/mol. The zero-order valence-electron chi connectivity index (χ0n) is 10.8. The van der Waals surface area contributed by atoms with E-state index in [4.69, 9.17) is 4.74 Å². The predicted octanol–water partition coefficient (Wildman–Crippen LogP) is 1.59. The normalized spacial score (nSPS) is 10.6. The Hall–Kier alpha value is -1.98. The Bertz CT molecular complexity index is 532. The highest BCUT2D eigenvalue weighted by Crippen LogP contribution is 2.19. The van der Waals surface area contributed by atoms with Crippen LogP contribution in [0.3, 0.4) is 0 Å². The summed E-state index contributed by atoms with van der Waals surface area (Å²) in [5.74, 6) is 0.826. The van der Waals surface area contributed by atoms with Crippen LogP contribution < -0.4 is 5.32 Å². The monoisotopic (exact) mass is 259 g/mol. The molecular formula is C14H17N3O2. The van der Waals surface area contributed by atoms with Gasteiger partial charge in [-0.05, 0) is 18.2 Å². The lowest BCUT2D eigenvalue weighted by molar-refractivity contribution is 0.199. The van der Waals surface area contributed by atoms with Crippen LogP contribution in [-0.2, 0) is 11.3 Å². The van der Waals surface area contributed by atoms with Crippen LogP contribution in [0.5, 0.6) is 5.75 Å². The van der Waals surface area contributed by atoms with Crippen molar-refractivity contribution in [3.05, 3.63) is 42.2 Å². The molecule has 19 heavy (non-hydrogen) atoms. The average molecular weight is 259 g/mol. The summed E-state index contributed by atoms with van der Waals surface area (Å²) in [7, 11) is 1.67. The summed E-state index contributed by atoms with van der Waals surface area (Å²) < 4.78 is 4.96. The standard InChI is InChI=1S/C14H17N3O2/c1-19-8-7-15-10-12-5-6-16-14(17-12)11-3-2-4-13(18)9-11/h2-6,9,15,18H,7-8,10H2,1H3. The van der Waals surface area contributed by atoms with Crippen LogP contribution in [0.1, 0.15) is 5.69 Å². The summed E-state index contributed by atoms with van der Waals surface area (Å²) in [4.78, 5) is 8.68. The van der Waals surface area contributed by atoms with E-state index in [0.717, 1.165) is 17.8 Å². The number of methoxy groups -OCH3 is 1. The Morgan fingerprint density at radius 2 is 2.21 bits per heavy atom. The number of benzene rings is 1. The van der Waals surface area contributed by atoms with E-state index in [1.54, 1.807) is 31.5 Å². The Kier molecular flexibility index (Phi) is 4.83. The van der Waals surface area contributed by atoms with Gasteiger partial charge >= 0.3 is 0 Å². The Balaban J connectivity index is 2.06. The first kappa shape index (κ1) is 13.5. The van der Waals surface area contributed by atoms with Gasteiger partial charge in [-0.1, -0.05) is 12.1 Å². The number of nitrogens with zero attached hydrogens (tertiary/aromatic N) is 2. The number of phenols is 1. The van der Waals surface area contributed by atoms with E-state index in [1.807, 2.05) is 12.1 Å². The fraction of sp³-hybridized carbons (Fsp3) is 0.286. The van der Waals surface area contributed by atoms with Gasteiger partial charge in [0.1, 0.15) is 5.75 Å². The number of hydrogen-bond donors (Lipinski definition) is 2. The number of aromatic nitrogens is 2. The van der Waals surface area contributed by atoms with Crippen molar-refractivity contribution in [2.24, 2.45) is 0 Å². The molecule has 100 valence electrons. The first-order valence-electron chi connectivity index (χ1n) is 6.10. The lowest BCUT2D eigenvalue weighted by atomic mass is 10.2. The van der Waals surface area contributed by atoms with Crippen LogP contribution in [0.15, 0.2) is 36.5 Å². The summed E-state index contributed by atoms with van der Waals surface area (Å²) in [6.45, 7) is 2.12. The van der Waals surface area contributed by atoms with E-state index in [1.165, 1.54) is 0 Å². The van der Waals surface area contributed by atoms with Crippen LogP contribution in [0, 0.1) is 0 Å². The van der Waals surface area contributed by atoms with Gasteiger partial charge in [-0.2, -0.15) is 0 Å². The molecule has 0 aliphatic carbocycles. The van der Waals surface area contributed by atoms with Crippen molar-refractivity contribution in [1.82, 2.24) is 15.3 Å². The number of hydrogen-bond acceptors (Lipinski definition) is 5. The van der Waals surface area contributed by atoms with Crippen molar-refractivity contribution in [1.29, 1.82) is 0 Å². The van der Waals surface area contributed by atoms with Crippen LogP contribution in [-0.4, -0.2) is 35.3 Å². The fourth-order valence-corrected chi connectivity index (χ4v) is 1.67. The van der Waals surface area contributed by atoms with E-state index in [2.05, 4.69) is 15.3 Å². The molecule has 5 nitrogen and oxygen atoms in total. The molecule has 0 bridgehead atoms. The third kappa shape index (κ3) is 4.01. The van der Waals surface area contributed by atoms with Gasteiger partial charge in [0.15, 0.2) is 5.82 Å². The number of rotatable bonds is 6. The first-order valence-corrected chi connectivity index (χ1v) is 6.10. The quantitative estimate of drug-likeness (QED) is 0.771. The molecule has 2 rings (SSSR count). The van der Waals surface area contributed by atoms with Crippen LogP contribution in [0.2, 0.25) is 0 Å². The molecule has 0 unspecified atom stereocenters. The molecule has 0 atom stereocenters. The molecule has 0 saturated carbocycles. The third-order valence-electron chi connectivity index (χ3n) is 2.61. The van der Waals surface area contributed by atoms with Gasteiger partial charge in [0.05, 0.1) is 12.3 Å². The molecule has 0 saturated heterocycles. The lowest BCUT2D eigenvalue weighted by Gasteiger charge is -2.05. The number of phenolic OH excluding ortho intramolecular Hbond substituents is 1. The number of ether oxygens (including phenoxy) is 1. The SMILES string of the molecule is COCCNCc1ccnc(-c2cccc(O)c2)n1. The second-order valence-corrected chi connectivity index (χ2v) is 4.09. The molecule has 0 amide bonds. The molecule has 0 fully saturated rings. The number of nitrogens with one attached hydrogen (secondary N) is 1. The zero-order chi connectivity index (χ0) is 13.5. The second kappa shape index (κ2) is 6.82. The van der Waals surface area contributed by atoms with E-state index in [-0.39, 0.29) is 5.75 Å². The molecule has 0 spiro atoms. The van der Waals surface area contributed by atoms with E-state index >= 15 is 0 Å². The fourth-order valence-electron chi connectivity index (χ4n) is 1.67. The maximum Gasteiger partial charge on any atom is 0.159 e. The van der Waals surface area contributed by atoms with Crippen LogP contribution >= 0.6 is 0 Å². The van der Waals surface area contributed by atoms with Crippen LogP contribution in [0.4, 0.5) is 0 Å². The molecule has 0 radical (unpaired) electrons. The van der Waals surface area contributed by atoms with Gasteiger partial charge in [-0.15, -0.1) is 0 Å². The number of aromatic hydroxyl groups is 1. The van der Waals surface area contributed by atoms with Crippen molar-refractivity contribution in [3.8, 4) is 17.1 Å². The Morgan fingerprint density at radius 1 is 1.32 bits per heavy atom. The zero-order valence-corrected chi connectivity index (χ0v) is 10.8. The molecule has 0 aliphatic rings. The topological polar surface area (TPSA) is 67.3 Å². The maximum atomic E-state index is 9.46. The van der Waals surface area contributed by atoms with E-state index in [0.29, 0.717) is 19.0 Å². The van der Waals surface area contributed by atoms with Gasteiger partial charge < -0.3 is 15.2 Å². The van der Waals surface area contributed by atoms with E-state index in [9.17, 15) is 5.11 Å². The highest BCUT2D eigenvalue weighted by Gasteiger charge is 2.03. The molecule has 2 aromatic rings. The van der Waals surface area contributed by atoms with Gasteiger partial charge in [0, 0.05) is 32.0 Å². The molecule has 1 aromatic carbocycles. The Morgan fingerprint density at radius 3 is 3.00 bits per heavy atom. The Labute approximate surface area is 112 Å². The summed E-state index contributed by atoms with van der Waals surface area (Å²) in [5.41, 5.74) is 1.71. The largest absolute Gasteiger partial charge is 0.508 e. The molecule has 2 N–H and O–H groups in total. The van der Waals surface area contributed by atoms with Gasteiger partial charge in [0.25, 0.3) is 0 Å². The maximum absolute atomic E-state index is 9.46. The molecule has 5 heteroatoms. The van der Waals surface area contributed by atoms with Crippen molar-refractivity contribution < 1.29 is 9.84 Å². The molecule has 0 aliphatic heterocycles. The van der Waals surface area contributed by atoms with Crippen molar-refractivity contribution >= 4 is 0 Å². The van der Waals surface area contributed by atoms with Crippen molar-refractivity contribution in [2.45, 2.75) is 6.54 Å². The highest BCUT2D eigenvalue weighted by atomic mass is 16.5. The molecular weight excluding hydrogens is 242 g/mol. The average Bonchev–Trinajstić information content (AvgIpc) is 2.44. The van der Waals surface area contributed by atoms with E-state index < -0.39 is 0 Å². The van der Waals surface area contributed by atoms with Crippen molar-refractivity contribution in [2.75, 3.05) is 20.3 Å². The van der Waals surface area contributed by atoms with Gasteiger partial charge in [-0.3, -0.25) is 0 Å². The molecule has 1 aromatic heterocycles. The third-order valence-corrected chi connectivity index (χ3v) is 2.61.